The molecule has 0 atom stereocenters. The number of esters is 1. The highest BCUT2D eigenvalue weighted by Gasteiger charge is 2.48. The highest BCUT2D eigenvalue weighted by atomic mass is 35.5. The summed E-state index contributed by atoms with van der Waals surface area (Å²) in [7, 11) is -4.67. The highest BCUT2D eigenvalue weighted by Crippen LogP contribution is 2.34. The molecule has 1 fully saturated rings. The lowest BCUT2D eigenvalue weighted by Crippen LogP contribution is -2.46. The quantitative estimate of drug-likeness (QED) is 0.106. The maximum Gasteiger partial charge on any atom is 0.534 e. The molecule has 1 heterocycles. The molecular formula is C32H28ClF3N2O6S. The van der Waals surface area contributed by atoms with Crippen molar-refractivity contribution in [3.8, 4) is 28.4 Å². The van der Waals surface area contributed by atoms with Crippen LogP contribution in [0, 0.1) is 0 Å². The Morgan fingerprint density at radius 1 is 0.867 bits per heavy atom. The number of anilines is 1. The van der Waals surface area contributed by atoms with Gasteiger partial charge >= 0.3 is 21.6 Å². The third-order valence-electron chi connectivity index (χ3n) is 7.20. The van der Waals surface area contributed by atoms with Gasteiger partial charge in [-0.25, -0.2) is 4.79 Å². The van der Waals surface area contributed by atoms with Gasteiger partial charge in [-0.1, -0.05) is 54.1 Å². The molecule has 0 saturated carbocycles. The predicted molar refractivity (Wildman–Crippen MR) is 164 cm³/mol. The van der Waals surface area contributed by atoms with Crippen molar-refractivity contribution in [1.82, 2.24) is 4.90 Å². The summed E-state index contributed by atoms with van der Waals surface area (Å²) in [4.78, 5) is 17.0. The molecule has 45 heavy (non-hydrogen) atoms. The van der Waals surface area contributed by atoms with Crippen molar-refractivity contribution in [1.29, 1.82) is 0 Å². The molecule has 0 N–H and O–H groups in total. The lowest BCUT2D eigenvalue weighted by atomic mass is 9.99. The molecule has 1 aliphatic heterocycles. The first-order chi connectivity index (χ1) is 21.4. The van der Waals surface area contributed by atoms with Crippen molar-refractivity contribution in [3.63, 3.8) is 0 Å². The van der Waals surface area contributed by atoms with E-state index in [9.17, 15) is 26.4 Å². The van der Waals surface area contributed by atoms with Crippen molar-refractivity contribution >= 4 is 33.4 Å². The fraction of sp³-hybridized carbons (Fsp3) is 0.219. The predicted octanol–water partition coefficient (Wildman–Crippen LogP) is 7.14. The van der Waals surface area contributed by atoms with Gasteiger partial charge in [0.15, 0.2) is 0 Å². The average Bonchev–Trinajstić information content (AvgIpc) is 3.01. The smallest absolute Gasteiger partial charge is 0.465 e. The van der Waals surface area contributed by atoms with Crippen molar-refractivity contribution in [3.05, 3.63) is 107 Å². The van der Waals surface area contributed by atoms with Crippen LogP contribution >= 0.6 is 11.6 Å². The number of rotatable bonds is 9. The number of hydrogen-bond donors (Lipinski definition) is 0. The lowest BCUT2D eigenvalue weighted by molar-refractivity contribution is -0.0500. The number of carbonyl (C=O) groups excluding carboxylic acids is 1. The topological polar surface area (TPSA) is 85.4 Å². The number of ether oxygens (including phenoxy) is 2. The molecule has 1 aliphatic rings. The number of methoxy groups -OCH3 is 1. The molecule has 236 valence electrons. The van der Waals surface area contributed by atoms with Gasteiger partial charge in [-0.3, -0.25) is 4.90 Å². The minimum atomic E-state index is -5.88. The fourth-order valence-electron chi connectivity index (χ4n) is 4.94. The molecule has 4 aromatic carbocycles. The monoisotopic (exact) mass is 660 g/mol. The van der Waals surface area contributed by atoms with E-state index in [1.165, 1.54) is 24.8 Å². The summed E-state index contributed by atoms with van der Waals surface area (Å²) in [6, 6.07) is 25.6. The van der Waals surface area contributed by atoms with Crippen LogP contribution in [-0.4, -0.2) is 58.1 Å². The van der Waals surface area contributed by atoms with Crippen LogP contribution in [0.5, 0.6) is 17.2 Å². The fourth-order valence-corrected chi connectivity index (χ4v) is 5.51. The van der Waals surface area contributed by atoms with Gasteiger partial charge in [0, 0.05) is 55.6 Å². The van der Waals surface area contributed by atoms with Gasteiger partial charge in [-0.05, 0) is 53.1 Å². The Kier molecular flexibility index (Phi) is 9.56. The van der Waals surface area contributed by atoms with E-state index in [0.29, 0.717) is 18.1 Å². The number of piperazine rings is 1. The van der Waals surface area contributed by atoms with Crippen LogP contribution in [0.2, 0.25) is 5.02 Å². The minimum absolute atomic E-state index is 0.0450. The van der Waals surface area contributed by atoms with E-state index < -0.39 is 27.3 Å². The molecule has 4 aromatic rings. The van der Waals surface area contributed by atoms with Gasteiger partial charge in [-0.15, -0.1) is 0 Å². The summed E-state index contributed by atoms with van der Waals surface area (Å²) < 4.78 is 76.2. The second-order valence-electron chi connectivity index (χ2n) is 10.2. The number of hydrogen-bond acceptors (Lipinski definition) is 8. The molecule has 13 heteroatoms. The standard InChI is InChI=1S/C32H28ClF3N2O6S/c1-42-31(39)29-14-13-25(19-30(29)43-26-6-4-7-27(20-26)44-45(40,41)32(34,35)36)38-17-15-37(16-18-38)21-23-5-2-3-8-28(23)22-9-11-24(33)12-10-22/h2-14,19-20H,15-18,21H2,1H3. The Morgan fingerprint density at radius 2 is 1.56 bits per heavy atom. The van der Waals surface area contributed by atoms with E-state index in [1.807, 2.05) is 36.4 Å². The van der Waals surface area contributed by atoms with Crippen molar-refractivity contribution in [2.24, 2.45) is 0 Å². The summed E-state index contributed by atoms with van der Waals surface area (Å²) >= 11 is 6.08. The zero-order chi connectivity index (χ0) is 32.2. The summed E-state index contributed by atoms with van der Waals surface area (Å²) in [6.45, 7) is 3.64. The maximum absolute atomic E-state index is 12.8. The second-order valence-corrected chi connectivity index (χ2v) is 12.1. The average molecular weight is 661 g/mol. The number of nitrogens with zero attached hydrogens (tertiary/aromatic N) is 2. The van der Waals surface area contributed by atoms with Crippen LogP contribution in [0.1, 0.15) is 15.9 Å². The minimum Gasteiger partial charge on any atom is -0.465 e. The Bertz CT molecular complexity index is 1780. The Labute approximate surface area is 263 Å². The molecule has 0 unspecified atom stereocenters. The zero-order valence-corrected chi connectivity index (χ0v) is 25.5. The highest BCUT2D eigenvalue weighted by molar-refractivity contribution is 7.88. The van der Waals surface area contributed by atoms with Gasteiger partial charge < -0.3 is 18.6 Å². The molecule has 1 saturated heterocycles. The first kappa shape index (κ1) is 32.1. The molecule has 0 aromatic heterocycles. The van der Waals surface area contributed by atoms with Gasteiger partial charge in [0.25, 0.3) is 0 Å². The lowest BCUT2D eigenvalue weighted by Gasteiger charge is -2.36. The molecule has 5 rings (SSSR count). The van der Waals surface area contributed by atoms with Gasteiger partial charge in [0.2, 0.25) is 0 Å². The van der Waals surface area contributed by atoms with E-state index >= 15 is 0 Å². The van der Waals surface area contributed by atoms with Crippen LogP contribution < -0.4 is 13.8 Å². The van der Waals surface area contributed by atoms with Gasteiger partial charge in [-0.2, -0.15) is 21.6 Å². The van der Waals surface area contributed by atoms with Crippen molar-refractivity contribution < 1.29 is 40.0 Å². The molecule has 0 spiro atoms. The molecule has 8 nitrogen and oxygen atoms in total. The van der Waals surface area contributed by atoms with Crippen molar-refractivity contribution in [2.45, 2.75) is 12.1 Å². The summed E-state index contributed by atoms with van der Waals surface area (Å²) in [5.74, 6) is -1.26. The van der Waals surface area contributed by atoms with E-state index in [2.05, 4.69) is 26.1 Å². The summed E-state index contributed by atoms with van der Waals surface area (Å²) in [5, 5.41) is 0.680. The molecular weight excluding hydrogens is 633 g/mol. The number of carbonyl (C=O) groups is 1. The third kappa shape index (κ3) is 7.70. The summed E-state index contributed by atoms with van der Waals surface area (Å²) in [6.07, 6.45) is 0. The largest absolute Gasteiger partial charge is 0.534 e. The SMILES string of the molecule is COC(=O)c1ccc(N2CCN(Cc3ccccc3-c3ccc(Cl)cc3)CC2)cc1Oc1cccc(OS(=O)(=O)C(F)(F)F)c1. The summed E-state index contributed by atoms with van der Waals surface area (Å²) in [5.41, 5.74) is -1.34. The van der Waals surface area contributed by atoms with Crippen LogP contribution in [0.25, 0.3) is 11.1 Å². The number of halogens is 4. The maximum atomic E-state index is 12.8. The second kappa shape index (κ2) is 13.4. The number of benzene rings is 4. The Balaban J connectivity index is 1.30. The van der Waals surface area contributed by atoms with Crippen LogP contribution in [-0.2, 0) is 21.4 Å². The van der Waals surface area contributed by atoms with Crippen LogP contribution in [0.4, 0.5) is 18.9 Å². The number of alkyl halides is 3. The van der Waals surface area contributed by atoms with E-state index in [4.69, 9.17) is 21.1 Å². The first-order valence-corrected chi connectivity index (χ1v) is 15.5. The Morgan fingerprint density at radius 3 is 2.24 bits per heavy atom. The third-order valence-corrected chi connectivity index (χ3v) is 8.43. The first-order valence-electron chi connectivity index (χ1n) is 13.8. The zero-order valence-electron chi connectivity index (χ0n) is 24.0. The molecule has 0 amide bonds. The van der Waals surface area contributed by atoms with E-state index in [1.54, 1.807) is 18.2 Å². The molecule has 0 radical (unpaired) electrons. The molecule has 0 bridgehead atoms. The van der Waals surface area contributed by atoms with Crippen molar-refractivity contribution in [2.75, 3.05) is 38.2 Å². The Hall–Kier alpha value is -4.26. The van der Waals surface area contributed by atoms with Crippen LogP contribution in [0.15, 0.2) is 91.0 Å². The van der Waals surface area contributed by atoms with E-state index in [-0.39, 0.29) is 17.1 Å². The normalized spacial score (nSPS) is 14.2. The van der Waals surface area contributed by atoms with E-state index in [0.717, 1.165) is 48.6 Å². The van der Waals surface area contributed by atoms with Crippen LogP contribution in [0.3, 0.4) is 0 Å². The molecule has 0 aliphatic carbocycles. The van der Waals surface area contributed by atoms with Gasteiger partial charge in [0.05, 0.1) is 7.11 Å². The van der Waals surface area contributed by atoms with Gasteiger partial charge in [0.1, 0.15) is 22.8 Å².